The van der Waals surface area contributed by atoms with Crippen LogP contribution in [-0.2, 0) is 39.9 Å². The van der Waals surface area contributed by atoms with Crippen LogP contribution >= 0.6 is 0 Å². The van der Waals surface area contributed by atoms with Crippen LogP contribution in [0.25, 0.3) is 0 Å². The van der Waals surface area contributed by atoms with Crippen LogP contribution in [0, 0.1) is 11.8 Å². The quantitative estimate of drug-likeness (QED) is 0.333. The van der Waals surface area contributed by atoms with E-state index in [0.717, 1.165) is 19.8 Å². The highest BCUT2D eigenvalue weighted by atomic mass is 16.5. The Hall–Kier alpha value is -3.43. The summed E-state index contributed by atoms with van der Waals surface area (Å²) in [4.78, 5) is 60.5. The van der Waals surface area contributed by atoms with E-state index in [1.807, 2.05) is 6.07 Å². The van der Waals surface area contributed by atoms with Crippen molar-refractivity contribution in [3.05, 3.63) is 35.9 Å². The minimum atomic E-state index is -1.48. The monoisotopic (exact) mass is 421 g/mol. The van der Waals surface area contributed by atoms with Gasteiger partial charge in [0.2, 0.25) is 17.7 Å². The van der Waals surface area contributed by atoms with Gasteiger partial charge in [-0.15, -0.1) is 0 Å². The van der Waals surface area contributed by atoms with Gasteiger partial charge in [0.1, 0.15) is 12.1 Å². The van der Waals surface area contributed by atoms with Crippen LogP contribution in [-0.4, -0.2) is 56.0 Å². The van der Waals surface area contributed by atoms with Crippen molar-refractivity contribution in [3.8, 4) is 0 Å². The van der Waals surface area contributed by atoms with E-state index in [1.54, 1.807) is 24.3 Å². The predicted molar refractivity (Wildman–Crippen MR) is 106 cm³/mol. The standard InChI is InChI=1S/C20H27N3O7/c1-11(15(19(27)29-3)20(28)30-4)16(17(21)25)23-18(26)14(22-12(2)24)10-13-8-6-5-7-9-13/h5-9,11,14-16H,10H2,1-4H3,(H2,21,25)(H,22,24)(H,23,26)/t11-,14-,16-/m0/s1. The molecular formula is C20H27N3O7. The maximum Gasteiger partial charge on any atom is 0.320 e. The van der Waals surface area contributed by atoms with Gasteiger partial charge in [0.05, 0.1) is 14.2 Å². The molecule has 10 nitrogen and oxygen atoms in total. The van der Waals surface area contributed by atoms with E-state index in [1.165, 1.54) is 13.8 Å². The zero-order chi connectivity index (χ0) is 22.8. The molecule has 0 bridgehead atoms. The molecule has 0 spiro atoms. The predicted octanol–water partition coefficient (Wildman–Crippen LogP) is -0.698. The summed E-state index contributed by atoms with van der Waals surface area (Å²) in [6.45, 7) is 2.64. The second-order valence-electron chi connectivity index (χ2n) is 6.71. The lowest BCUT2D eigenvalue weighted by Crippen LogP contribution is -2.57. The number of benzene rings is 1. The molecule has 1 rings (SSSR count). The Morgan fingerprint density at radius 1 is 0.967 bits per heavy atom. The number of ether oxygens (including phenoxy) is 2. The molecule has 0 heterocycles. The number of methoxy groups -OCH3 is 2. The van der Waals surface area contributed by atoms with Crippen molar-refractivity contribution in [2.75, 3.05) is 14.2 Å². The Morgan fingerprint density at radius 3 is 1.93 bits per heavy atom. The number of amides is 3. The minimum Gasteiger partial charge on any atom is -0.468 e. The molecule has 0 aliphatic carbocycles. The lowest BCUT2D eigenvalue weighted by atomic mass is 9.86. The van der Waals surface area contributed by atoms with Crippen LogP contribution in [0.5, 0.6) is 0 Å². The second-order valence-corrected chi connectivity index (χ2v) is 6.71. The van der Waals surface area contributed by atoms with Crippen molar-refractivity contribution in [1.29, 1.82) is 0 Å². The van der Waals surface area contributed by atoms with Crippen LogP contribution in [0.15, 0.2) is 30.3 Å². The molecule has 0 aliphatic rings. The van der Waals surface area contributed by atoms with Crippen molar-refractivity contribution in [3.63, 3.8) is 0 Å². The molecule has 0 saturated carbocycles. The molecule has 0 aliphatic heterocycles. The van der Waals surface area contributed by atoms with Crippen molar-refractivity contribution >= 4 is 29.7 Å². The average Bonchev–Trinajstić information content (AvgIpc) is 2.71. The molecule has 0 aromatic heterocycles. The summed E-state index contributed by atoms with van der Waals surface area (Å²) in [5, 5.41) is 4.96. The van der Waals surface area contributed by atoms with Gasteiger partial charge in [0.15, 0.2) is 5.92 Å². The first-order valence-corrected chi connectivity index (χ1v) is 9.18. The molecule has 0 radical (unpaired) electrons. The zero-order valence-electron chi connectivity index (χ0n) is 17.3. The number of nitrogens with two attached hydrogens (primary N) is 1. The summed E-state index contributed by atoms with van der Waals surface area (Å²) < 4.78 is 9.22. The summed E-state index contributed by atoms with van der Waals surface area (Å²) in [5.74, 6) is -6.52. The topological polar surface area (TPSA) is 154 Å². The van der Waals surface area contributed by atoms with Crippen LogP contribution in [0.2, 0.25) is 0 Å². The van der Waals surface area contributed by atoms with Gasteiger partial charge < -0.3 is 25.8 Å². The summed E-state index contributed by atoms with van der Waals surface area (Å²) in [7, 11) is 2.16. The van der Waals surface area contributed by atoms with E-state index < -0.39 is 53.6 Å². The first-order valence-electron chi connectivity index (χ1n) is 9.18. The fourth-order valence-electron chi connectivity index (χ4n) is 2.99. The van der Waals surface area contributed by atoms with Gasteiger partial charge in [-0.25, -0.2) is 0 Å². The molecule has 3 amide bonds. The molecular weight excluding hydrogens is 394 g/mol. The molecule has 1 aromatic carbocycles. The van der Waals surface area contributed by atoms with E-state index in [4.69, 9.17) is 5.73 Å². The molecule has 164 valence electrons. The third-order valence-electron chi connectivity index (χ3n) is 4.54. The number of hydrogen-bond acceptors (Lipinski definition) is 7. The minimum absolute atomic E-state index is 0.156. The lowest BCUT2D eigenvalue weighted by Gasteiger charge is -2.28. The van der Waals surface area contributed by atoms with Crippen molar-refractivity contribution in [2.45, 2.75) is 32.4 Å². The molecule has 0 unspecified atom stereocenters. The van der Waals surface area contributed by atoms with E-state index in [0.29, 0.717) is 0 Å². The number of nitrogens with one attached hydrogen (secondary N) is 2. The number of carbonyl (C=O) groups is 5. The van der Waals surface area contributed by atoms with Crippen LogP contribution in [0.1, 0.15) is 19.4 Å². The number of carbonyl (C=O) groups excluding carboxylic acids is 5. The highest BCUT2D eigenvalue weighted by Crippen LogP contribution is 2.20. The lowest BCUT2D eigenvalue weighted by molar-refractivity contribution is -0.162. The van der Waals surface area contributed by atoms with Gasteiger partial charge in [-0.2, -0.15) is 0 Å². The zero-order valence-corrected chi connectivity index (χ0v) is 17.3. The molecule has 30 heavy (non-hydrogen) atoms. The van der Waals surface area contributed by atoms with Crippen LogP contribution in [0.3, 0.4) is 0 Å². The van der Waals surface area contributed by atoms with Gasteiger partial charge in [-0.1, -0.05) is 37.3 Å². The van der Waals surface area contributed by atoms with Gasteiger partial charge in [-0.3, -0.25) is 24.0 Å². The van der Waals surface area contributed by atoms with E-state index in [2.05, 4.69) is 20.1 Å². The van der Waals surface area contributed by atoms with Crippen molar-refractivity contribution in [2.24, 2.45) is 17.6 Å². The van der Waals surface area contributed by atoms with Crippen LogP contribution < -0.4 is 16.4 Å². The van der Waals surface area contributed by atoms with Gasteiger partial charge in [0.25, 0.3) is 0 Å². The Bertz CT molecular complexity index is 766. The normalized spacial score (nSPS) is 13.5. The first kappa shape index (κ1) is 24.6. The summed E-state index contributed by atoms with van der Waals surface area (Å²) in [6.07, 6.45) is 0.156. The third-order valence-corrected chi connectivity index (χ3v) is 4.54. The maximum atomic E-state index is 12.8. The van der Waals surface area contributed by atoms with Gasteiger partial charge in [0, 0.05) is 19.3 Å². The molecule has 1 aromatic rings. The van der Waals surface area contributed by atoms with Crippen molar-refractivity contribution < 1.29 is 33.4 Å². The number of hydrogen-bond donors (Lipinski definition) is 3. The number of rotatable bonds is 10. The smallest absolute Gasteiger partial charge is 0.320 e. The summed E-state index contributed by atoms with van der Waals surface area (Å²) in [5.41, 5.74) is 6.19. The fourth-order valence-corrected chi connectivity index (χ4v) is 2.99. The Kier molecular flexibility index (Phi) is 9.47. The SMILES string of the molecule is COC(=O)C(C(=O)OC)[C@H](C)[C@H](NC(=O)[C@H](Cc1ccccc1)NC(C)=O)C(N)=O. The average molecular weight is 421 g/mol. The number of esters is 2. The van der Waals surface area contributed by atoms with E-state index in [-0.39, 0.29) is 6.42 Å². The summed E-state index contributed by atoms with van der Waals surface area (Å²) >= 11 is 0. The second kappa shape index (κ2) is 11.5. The first-order chi connectivity index (χ1) is 14.1. The van der Waals surface area contributed by atoms with E-state index >= 15 is 0 Å². The highest BCUT2D eigenvalue weighted by molar-refractivity contribution is 5.97. The summed E-state index contributed by atoms with van der Waals surface area (Å²) in [6, 6.07) is 6.53. The molecule has 0 fully saturated rings. The largest absolute Gasteiger partial charge is 0.468 e. The van der Waals surface area contributed by atoms with E-state index in [9.17, 15) is 24.0 Å². The maximum absolute atomic E-state index is 12.8. The van der Waals surface area contributed by atoms with Gasteiger partial charge >= 0.3 is 11.9 Å². The Balaban J connectivity index is 3.11. The molecule has 3 atom stereocenters. The Morgan fingerprint density at radius 2 is 1.50 bits per heavy atom. The van der Waals surface area contributed by atoms with Gasteiger partial charge in [-0.05, 0) is 5.56 Å². The Labute approximate surface area is 174 Å². The highest BCUT2D eigenvalue weighted by Gasteiger charge is 2.41. The molecule has 4 N–H and O–H groups in total. The van der Waals surface area contributed by atoms with Crippen LogP contribution in [0.4, 0.5) is 0 Å². The third kappa shape index (κ3) is 6.87. The van der Waals surface area contributed by atoms with Crippen molar-refractivity contribution in [1.82, 2.24) is 10.6 Å². The molecule has 10 heteroatoms. The fraction of sp³-hybridized carbons (Fsp3) is 0.450. The molecule has 0 saturated heterocycles. The number of primary amides is 1.